The molecule has 28 heavy (non-hydrogen) atoms. The summed E-state index contributed by atoms with van der Waals surface area (Å²) in [5.74, 6) is 0.946. The second-order valence-electron chi connectivity index (χ2n) is 8.01. The molecule has 1 atom stereocenters. The predicted molar refractivity (Wildman–Crippen MR) is 117 cm³/mol. The second kappa shape index (κ2) is 8.24. The summed E-state index contributed by atoms with van der Waals surface area (Å²) in [4.78, 5) is 6.07. The van der Waals surface area contributed by atoms with Gasteiger partial charge in [0.25, 0.3) is 0 Å². The van der Waals surface area contributed by atoms with Gasteiger partial charge in [-0.3, -0.25) is 4.90 Å². The molecule has 3 heteroatoms. The summed E-state index contributed by atoms with van der Waals surface area (Å²) in [6, 6.07) is 15.5. The maximum atomic E-state index is 5.94. The Morgan fingerprint density at radius 3 is 2.82 bits per heavy atom. The fourth-order valence-corrected chi connectivity index (χ4v) is 4.18. The molecule has 1 aromatic heterocycles. The number of hydrogen-bond acceptors (Lipinski definition) is 2. The van der Waals surface area contributed by atoms with E-state index in [1.165, 1.54) is 27.6 Å². The third-order valence-electron chi connectivity index (χ3n) is 5.65. The highest BCUT2D eigenvalue weighted by Gasteiger charge is 2.24. The van der Waals surface area contributed by atoms with Crippen LogP contribution in [0.2, 0.25) is 0 Å². The van der Waals surface area contributed by atoms with Gasteiger partial charge in [0.15, 0.2) is 0 Å². The molecule has 0 saturated heterocycles. The van der Waals surface area contributed by atoms with Gasteiger partial charge in [0.05, 0.1) is 6.10 Å². The van der Waals surface area contributed by atoms with E-state index in [1.54, 1.807) is 0 Å². The molecule has 3 nitrogen and oxygen atoms in total. The zero-order valence-corrected chi connectivity index (χ0v) is 17.1. The standard InChI is InChI=1S/C25H30N2O/c1-18(2)28-21-11-12-24-22(16-21)23(17-26-24)25-10-6-7-14-27(25)15-13-20-9-5-4-8-19(20)3/h4-9,11-12,16-18,25-26H,10,13-15H2,1-3H3. The molecule has 1 unspecified atom stereocenters. The molecular weight excluding hydrogens is 344 g/mol. The van der Waals surface area contributed by atoms with Crippen LogP contribution in [0.4, 0.5) is 0 Å². The lowest BCUT2D eigenvalue weighted by Crippen LogP contribution is -2.33. The molecule has 2 heterocycles. The van der Waals surface area contributed by atoms with Crippen LogP contribution in [0.5, 0.6) is 5.75 Å². The number of hydrogen-bond donors (Lipinski definition) is 1. The molecule has 1 N–H and O–H groups in total. The van der Waals surface area contributed by atoms with E-state index in [9.17, 15) is 0 Å². The Kier molecular flexibility index (Phi) is 5.54. The van der Waals surface area contributed by atoms with Crippen LogP contribution in [0.1, 0.15) is 43.0 Å². The Morgan fingerprint density at radius 2 is 2.00 bits per heavy atom. The lowest BCUT2D eigenvalue weighted by molar-refractivity contribution is 0.214. The van der Waals surface area contributed by atoms with Crippen molar-refractivity contribution in [3.05, 3.63) is 77.5 Å². The number of aromatic amines is 1. The number of rotatable bonds is 6. The highest BCUT2D eigenvalue weighted by atomic mass is 16.5. The van der Waals surface area contributed by atoms with Crippen molar-refractivity contribution in [3.8, 4) is 5.75 Å². The van der Waals surface area contributed by atoms with Crippen LogP contribution in [0.3, 0.4) is 0 Å². The first-order valence-electron chi connectivity index (χ1n) is 10.3. The Bertz CT molecular complexity index is 970. The molecule has 0 fully saturated rings. The third-order valence-corrected chi connectivity index (χ3v) is 5.65. The van der Waals surface area contributed by atoms with Crippen LogP contribution in [0, 0.1) is 6.92 Å². The Balaban J connectivity index is 1.59. The summed E-state index contributed by atoms with van der Waals surface area (Å²) in [6.45, 7) is 8.42. The first kappa shape index (κ1) is 18.8. The quantitative estimate of drug-likeness (QED) is 0.552. The van der Waals surface area contributed by atoms with E-state index >= 15 is 0 Å². The Labute approximate surface area is 168 Å². The van der Waals surface area contributed by atoms with E-state index in [0.717, 1.165) is 31.7 Å². The Morgan fingerprint density at radius 1 is 1.14 bits per heavy atom. The lowest BCUT2D eigenvalue weighted by Gasteiger charge is -2.33. The SMILES string of the molecule is Cc1ccccc1CCN1CC=CCC1c1c[nH]c2ccc(OC(C)C)cc12. The van der Waals surface area contributed by atoms with Crippen LogP contribution in [0.25, 0.3) is 10.9 Å². The van der Waals surface area contributed by atoms with Gasteiger partial charge in [-0.15, -0.1) is 0 Å². The van der Waals surface area contributed by atoms with Crippen molar-refractivity contribution in [1.82, 2.24) is 9.88 Å². The monoisotopic (exact) mass is 374 g/mol. The largest absolute Gasteiger partial charge is 0.491 e. The van der Waals surface area contributed by atoms with Crippen molar-refractivity contribution in [2.75, 3.05) is 13.1 Å². The highest BCUT2D eigenvalue weighted by molar-refractivity contribution is 5.85. The molecule has 1 aliphatic heterocycles. The zero-order chi connectivity index (χ0) is 19.5. The topological polar surface area (TPSA) is 28.3 Å². The average Bonchev–Trinajstić information content (AvgIpc) is 3.10. The first-order valence-corrected chi connectivity index (χ1v) is 10.3. The first-order chi connectivity index (χ1) is 13.6. The van der Waals surface area contributed by atoms with Crippen LogP contribution < -0.4 is 4.74 Å². The van der Waals surface area contributed by atoms with Crippen LogP contribution in [0.15, 0.2) is 60.8 Å². The van der Waals surface area contributed by atoms with Crippen molar-refractivity contribution in [1.29, 1.82) is 0 Å². The van der Waals surface area contributed by atoms with Gasteiger partial charge in [0.1, 0.15) is 5.75 Å². The molecule has 0 radical (unpaired) electrons. The van der Waals surface area contributed by atoms with Gasteiger partial charge in [-0.25, -0.2) is 0 Å². The van der Waals surface area contributed by atoms with E-state index in [-0.39, 0.29) is 6.10 Å². The zero-order valence-electron chi connectivity index (χ0n) is 17.1. The lowest BCUT2D eigenvalue weighted by atomic mass is 9.97. The summed E-state index contributed by atoms with van der Waals surface area (Å²) < 4.78 is 5.94. The van der Waals surface area contributed by atoms with Gasteiger partial charge < -0.3 is 9.72 Å². The molecule has 0 spiro atoms. The molecule has 0 saturated carbocycles. The molecule has 0 amide bonds. The van der Waals surface area contributed by atoms with Crippen molar-refractivity contribution in [2.45, 2.75) is 45.8 Å². The second-order valence-corrected chi connectivity index (χ2v) is 8.01. The predicted octanol–water partition coefficient (Wildman–Crippen LogP) is 5.81. The van der Waals surface area contributed by atoms with E-state index in [4.69, 9.17) is 4.74 Å². The maximum absolute atomic E-state index is 5.94. The molecule has 4 rings (SSSR count). The summed E-state index contributed by atoms with van der Waals surface area (Å²) in [7, 11) is 0. The van der Waals surface area contributed by atoms with Gasteiger partial charge in [-0.1, -0.05) is 36.4 Å². The van der Waals surface area contributed by atoms with Crippen molar-refractivity contribution in [2.24, 2.45) is 0 Å². The average molecular weight is 375 g/mol. The number of H-pyrrole nitrogens is 1. The minimum absolute atomic E-state index is 0.183. The summed E-state index contributed by atoms with van der Waals surface area (Å²) in [6.07, 6.45) is 9.13. The molecular formula is C25H30N2O. The van der Waals surface area contributed by atoms with E-state index in [1.807, 2.05) is 0 Å². The summed E-state index contributed by atoms with van der Waals surface area (Å²) in [5, 5.41) is 1.28. The van der Waals surface area contributed by atoms with Crippen molar-refractivity contribution >= 4 is 10.9 Å². The van der Waals surface area contributed by atoms with Gasteiger partial charge >= 0.3 is 0 Å². The number of nitrogens with zero attached hydrogens (tertiary/aromatic N) is 1. The molecule has 0 aliphatic carbocycles. The Hall–Kier alpha value is -2.52. The van der Waals surface area contributed by atoms with Crippen LogP contribution >= 0.6 is 0 Å². The smallest absolute Gasteiger partial charge is 0.120 e. The molecule has 1 aliphatic rings. The number of aryl methyl sites for hydroxylation is 1. The number of benzene rings is 2. The molecule has 2 aromatic carbocycles. The van der Waals surface area contributed by atoms with E-state index in [2.05, 4.69) is 91.5 Å². The molecule has 146 valence electrons. The number of aromatic nitrogens is 1. The highest BCUT2D eigenvalue weighted by Crippen LogP contribution is 2.35. The fourth-order valence-electron chi connectivity index (χ4n) is 4.18. The van der Waals surface area contributed by atoms with E-state index < -0.39 is 0 Å². The summed E-state index contributed by atoms with van der Waals surface area (Å²) >= 11 is 0. The maximum Gasteiger partial charge on any atom is 0.120 e. The minimum Gasteiger partial charge on any atom is -0.491 e. The number of nitrogens with one attached hydrogen (secondary N) is 1. The third kappa shape index (κ3) is 4.00. The van der Waals surface area contributed by atoms with Crippen LogP contribution in [-0.2, 0) is 6.42 Å². The fraction of sp³-hybridized carbons (Fsp3) is 0.360. The van der Waals surface area contributed by atoms with Crippen molar-refractivity contribution in [3.63, 3.8) is 0 Å². The molecule has 0 bridgehead atoms. The number of fused-ring (bicyclic) bond motifs is 1. The molecule has 3 aromatic rings. The van der Waals surface area contributed by atoms with Gasteiger partial charge in [-0.05, 0) is 68.5 Å². The normalized spacial score (nSPS) is 17.5. The van der Waals surface area contributed by atoms with Gasteiger partial charge in [0, 0.05) is 36.2 Å². The number of ether oxygens (including phenoxy) is 1. The van der Waals surface area contributed by atoms with Crippen LogP contribution in [-0.4, -0.2) is 29.1 Å². The van der Waals surface area contributed by atoms with Gasteiger partial charge in [-0.2, -0.15) is 0 Å². The van der Waals surface area contributed by atoms with Crippen molar-refractivity contribution < 1.29 is 4.74 Å². The minimum atomic E-state index is 0.183. The summed E-state index contributed by atoms with van der Waals surface area (Å²) in [5.41, 5.74) is 5.38. The van der Waals surface area contributed by atoms with E-state index in [0.29, 0.717) is 6.04 Å². The van der Waals surface area contributed by atoms with Gasteiger partial charge in [0.2, 0.25) is 0 Å².